The fourth-order valence-electron chi connectivity index (χ4n) is 3.84. The summed E-state index contributed by atoms with van der Waals surface area (Å²) in [6.07, 6.45) is 4.26. The summed E-state index contributed by atoms with van der Waals surface area (Å²) in [6.45, 7) is 1.11. The van der Waals surface area contributed by atoms with Crippen LogP contribution in [0.25, 0.3) is 10.9 Å². The van der Waals surface area contributed by atoms with Crippen LogP contribution in [0.5, 0.6) is 0 Å². The standard InChI is InChI=1S/C21H24N2O/c24-12-11-15-9-10-19-18(13-15)17-7-4-8-20(21(17)23-19)22-14-16-5-2-1-3-6-16/h1-3,5-6,9-10,13,20,22-24H,4,7-8,11-12,14H2. The van der Waals surface area contributed by atoms with E-state index in [-0.39, 0.29) is 6.61 Å². The molecule has 0 radical (unpaired) electrons. The zero-order chi connectivity index (χ0) is 16.4. The van der Waals surface area contributed by atoms with Gasteiger partial charge in [0.2, 0.25) is 0 Å². The number of H-pyrrole nitrogens is 1. The summed E-state index contributed by atoms with van der Waals surface area (Å²) in [5, 5.41) is 14.2. The van der Waals surface area contributed by atoms with Gasteiger partial charge in [-0.25, -0.2) is 0 Å². The number of hydrogen-bond acceptors (Lipinski definition) is 2. The Kier molecular flexibility index (Phi) is 4.37. The van der Waals surface area contributed by atoms with Gasteiger partial charge in [0.25, 0.3) is 0 Å². The van der Waals surface area contributed by atoms with E-state index >= 15 is 0 Å². The number of aromatic nitrogens is 1. The highest BCUT2D eigenvalue weighted by atomic mass is 16.2. The van der Waals surface area contributed by atoms with Gasteiger partial charge in [0, 0.05) is 35.8 Å². The molecule has 24 heavy (non-hydrogen) atoms. The first kappa shape index (κ1) is 15.4. The quantitative estimate of drug-likeness (QED) is 0.668. The number of aliphatic hydroxyl groups excluding tert-OH is 1. The number of nitrogens with one attached hydrogen (secondary N) is 2. The van der Waals surface area contributed by atoms with Gasteiger partial charge in [-0.1, -0.05) is 36.4 Å². The molecule has 1 heterocycles. The van der Waals surface area contributed by atoms with Gasteiger partial charge in [-0.2, -0.15) is 0 Å². The van der Waals surface area contributed by atoms with Crippen molar-refractivity contribution in [3.8, 4) is 0 Å². The topological polar surface area (TPSA) is 48.0 Å². The lowest BCUT2D eigenvalue weighted by molar-refractivity contribution is 0.299. The highest BCUT2D eigenvalue weighted by Gasteiger charge is 2.23. The van der Waals surface area contributed by atoms with Gasteiger partial charge in [-0.05, 0) is 54.5 Å². The van der Waals surface area contributed by atoms with Crippen molar-refractivity contribution in [1.82, 2.24) is 10.3 Å². The minimum Gasteiger partial charge on any atom is -0.396 e. The molecule has 1 unspecified atom stereocenters. The fourth-order valence-corrected chi connectivity index (χ4v) is 3.84. The predicted octanol–water partition coefficient (Wildman–Crippen LogP) is 3.87. The number of rotatable bonds is 5. The van der Waals surface area contributed by atoms with Gasteiger partial charge in [0.05, 0.1) is 0 Å². The molecule has 3 N–H and O–H groups in total. The van der Waals surface area contributed by atoms with Crippen LogP contribution in [-0.4, -0.2) is 16.7 Å². The SMILES string of the molecule is OCCc1ccc2[nH]c3c(c2c1)CCCC3NCc1ccccc1. The third kappa shape index (κ3) is 2.97. The molecule has 124 valence electrons. The molecule has 1 aliphatic rings. The second-order valence-corrected chi connectivity index (χ2v) is 6.68. The van der Waals surface area contributed by atoms with Gasteiger partial charge in [-0.15, -0.1) is 0 Å². The molecule has 0 amide bonds. The summed E-state index contributed by atoms with van der Waals surface area (Å²) in [5.41, 5.74) is 6.57. The van der Waals surface area contributed by atoms with Crippen LogP contribution in [0.4, 0.5) is 0 Å². The monoisotopic (exact) mass is 320 g/mol. The van der Waals surface area contributed by atoms with E-state index in [0.717, 1.165) is 19.4 Å². The molecular formula is C21H24N2O. The maximum atomic E-state index is 9.18. The van der Waals surface area contributed by atoms with Crippen molar-refractivity contribution in [2.75, 3.05) is 6.61 Å². The number of aromatic amines is 1. The Balaban J connectivity index is 1.61. The molecule has 0 bridgehead atoms. The smallest absolute Gasteiger partial charge is 0.0478 e. The Morgan fingerprint density at radius 3 is 2.79 bits per heavy atom. The van der Waals surface area contributed by atoms with Gasteiger partial charge in [0.1, 0.15) is 0 Å². The van der Waals surface area contributed by atoms with E-state index in [9.17, 15) is 5.11 Å². The molecule has 1 aliphatic carbocycles. The minimum absolute atomic E-state index is 0.208. The third-order valence-electron chi connectivity index (χ3n) is 5.07. The zero-order valence-corrected chi connectivity index (χ0v) is 13.9. The first-order valence-electron chi connectivity index (χ1n) is 8.86. The predicted molar refractivity (Wildman–Crippen MR) is 98.0 cm³/mol. The maximum absolute atomic E-state index is 9.18. The normalized spacial score (nSPS) is 17.1. The zero-order valence-electron chi connectivity index (χ0n) is 13.9. The summed E-state index contributed by atoms with van der Waals surface area (Å²) in [7, 11) is 0. The molecule has 3 nitrogen and oxygen atoms in total. The van der Waals surface area contributed by atoms with Gasteiger partial charge < -0.3 is 15.4 Å². The van der Waals surface area contributed by atoms with E-state index < -0.39 is 0 Å². The van der Waals surface area contributed by atoms with Gasteiger partial charge in [-0.3, -0.25) is 0 Å². The molecular weight excluding hydrogens is 296 g/mol. The molecule has 3 heteroatoms. The van der Waals surface area contributed by atoms with E-state index in [1.807, 2.05) is 0 Å². The Morgan fingerprint density at radius 2 is 1.96 bits per heavy atom. The fraction of sp³-hybridized carbons (Fsp3) is 0.333. The van der Waals surface area contributed by atoms with Crippen molar-refractivity contribution < 1.29 is 5.11 Å². The summed E-state index contributed by atoms with van der Waals surface area (Å²) in [6, 6.07) is 17.5. The molecule has 0 saturated carbocycles. The lowest BCUT2D eigenvalue weighted by Crippen LogP contribution is -2.24. The molecule has 0 fully saturated rings. The van der Waals surface area contributed by atoms with Crippen LogP contribution in [0, 0.1) is 0 Å². The number of aryl methyl sites for hydroxylation is 1. The van der Waals surface area contributed by atoms with Gasteiger partial charge in [0.15, 0.2) is 0 Å². The summed E-state index contributed by atoms with van der Waals surface area (Å²) < 4.78 is 0. The lowest BCUT2D eigenvalue weighted by Gasteiger charge is -2.24. The van der Waals surface area contributed by atoms with Crippen molar-refractivity contribution in [3.05, 3.63) is 70.9 Å². The number of aliphatic hydroxyl groups is 1. The number of benzene rings is 2. The summed E-state index contributed by atoms with van der Waals surface area (Å²) in [5.74, 6) is 0. The van der Waals surface area contributed by atoms with Crippen molar-refractivity contribution >= 4 is 10.9 Å². The molecule has 2 aromatic carbocycles. The van der Waals surface area contributed by atoms with Gasteiger partial charge >= 0.3 is 0 Å². The second kappa shape index (κ2) is 6.80. The molecule has 1 atom stereocenters. The van der Waals surface area contributed by atoms with E-state index in [1.165, 1.54) is 46.1 Å². The largest absolute Gasteiger partial charge is 0.396 e. The van der Waals surface area contributed by atoms with Crippen molar-refractivity contribution in [1.29, 1.82) is 0 Å². The first-order chi connectivity index (χ1) is 11.8. The first-order valence-corrected chi connectivity index (χ1v) is 8.86. The number of hydrogen-bond donors (Lipinski definition) is 3. The van der Waals surface area contributed by atoms with Crippen molar-refractivity contribution in [3.63, 3.8) is 0 Å². The molecule has 0 aliphatic heterocycles. The van der Waals surface area contributed by atoms with E-state index in [0.29, 0.717) is 6.04 Å². The van der Waals surface area contributed by atoms with Crippen LogP contribution in [0.2, 0.25) is 0 Å². The van der Waals surface area contributed by atoms with Crippen LogP contribution in [-0.2, 0) is 19.4 Å². The number of fused-ring (bicyclic) bond motifs is 3. The van der Waals surface area contributed by atoms with E-state index in [1.54, 1.807) is 0 Å². The molecule has 1 aromatic heterocycles. The second-order valence-electron chi connectivity index (χ2n) is 6.68. The maximum Gasteiger partial charge on any atom is 0.0478 e. The molecule has 3 aromatic rings. The Labute approximate surface area is 142 Å². The van der Waals surface area contributed by atoms with E-state index in [2.05, 4.69) is 58.8 Å². The highest BCUT2D eigenvalue weighted by molar-refractivity contribution is 5.85. The average Bonchev–Trinajstić information content (AvgIpc) is 3.00. The lowest BCUT2D eigenvalue weighted by atomic mass is 9.91. The van der Waals surface area contributed by atoms with Crippen LogP contribution < -0.4 is 5.32 Å². The Bertz CT molecular complexity index is 822. The molecule has 0 spiro atoms. The summed E-state index contributed by atoms with van der Waals surface area (Å²) >= 11 is 0. The third-order valence-corrected chi connectivity index (χ3v) is 5.07. The van der Waals surface area contributed by atoms with Crippen molar-refractivity contribution in [2.24, 2.45) is 0 Å². The summed E-state index contributed by atoms with van der Waals surface area (Å²) in [4.78, 5) is 3.65. The van der Waals surface area contributed by atoms with E-state index in [4.69, 9.17) is 0 Å². The highest BCUT2D eigenvalue weighted by Crippen LogP contribution is 2.35. The molecule has 4 rings (SSSR count). The minimum atomic E-state index is 0.208. The Hall–Kier alpha value is -2.10. The van der Waals surface area contributed by atoms with Crippen LogP contribution >= 0.6 is 0 Å². The average molecular weight is 320 g/mol. The van der Waals surface area contributed by atoms with Crippen LogP contribution in [0.3, 0.4) is 0 Å². The van der Waals surface area contributed by atoms with Crippen molar-refractivity contribution in [2.45, 2.75) is 38.3 Å². The van der Waals surface area contributed by atoms with Crippen LogP contribution in [0.1, 0.15) is 41.3 Å². The van der Waals surface area contributed by atoms with Crippen LogP contribution in [0.15, 0.2) is 48.5 Å². The molecule has 0 saturated heterocycles. The Morgan fingerprint density at radius 1 is 1.08 bits per heavy atom.